The lowest BCUT2D eigenvalue weighted by Gasteiger charge is -2.14. The van der Waals surface area contributed by atoms with Gasteiger partial charge in [0.15, 0.2) is 0 Å². The van der Waals surface area contributed by atoms with Crippen molar-refractivity contribution in [3.8, 4) is 16.8 Å². The average Bonchev–Trinajstić information content (AvgIpc) is 3.13. The van der Waals surface area contributed by atoms with E-state index in [1.807, 2.05) is 25.4 Å². The van der Waals surface area contributed by atoms with E-state index < -0.39 is 0 Å². The molecular formula is C26H23N3O. The standard InChI is InChI=1S/C26H23N3O/c1-2-30-17-23-25-16-27-26(20-11-7-4-8-12-20)22-15-21(19-9-5-3-6-10-19)13-14-24(22)29(25)18-28-23/h3-15,18H,2,16-17H2,1H3. The van der Waals surface area contributed by atoms with E-state index in [1.165, 1.54) is 11.1 Å². The molecule has 0 aliphatic carbocycles. The van der Waals surface area contributed by atoms with E-state index in [2.05, 4.69) is 76.3 Å². The second kappa shape index (κ2) is 8.09. The quantitative estimate of drug-likeness (QED) is 0.454. The Morgan fingerprint density at radius 1 is 0.867 bits per heavy atom. The van der Waals surface area contributed by atoms with Gasteiger partial charge >= 0.3 is 0 Å². The number of benzene rings is 3. The first-order valence-electron chi connectivity index (χ1n) is 10.3. The lowest BCUT2D eigenvalue weighted by molar-refractivity contribution is 0.131. The van der Waals surface area contributed by atoms with E-state index in [0.29, 0.717) is 19.8 Å². The van der Waals surface area contributed by atoms with Crippen LogP contribution in [0.4, 0.5) is 0 Å². The van der Waals surface area contributed by atoms with E-state index in [9.17, 15) is 0 Å². The minimum Gasteiger partial charge on any atom is -0.375 e. The molecule has 0 bridgehead atoms. The molecule has 1 aliphatic rings. The van der Waals surface area contributed by atoms with Crippen molar-refractivity contribution < 1.29 is 4.74 Å². The molecular weight excluding hydrogens is 370 g/mol. The van der Waals surface area contributed by atoms with Crippen LogP contribution < -0.4 is 0 Å². The van der Waals surface area contributed by atoms with Crippen LogP contribution in [0.25, 0.3) is 16.8 Å². The summed E-state index contributed by atoms with van der Waals surface area (Å²) in [5.41, 5.74) is 8.75. The maximum atomic E-state index is 5.64. The van der Waals surface area contributed by atoms with Crippen molar-refractivity contribution >= 4 is 5.71 Å². The van der Waals surface area contributed by atoms with E-state index >= 15 is 0 Å². The van der Waals surface area contributed by atoms with Gasteiger partial charge in [-0.3, -0.25) is 4.99 Å². The summed E-state index contributed by atoms with van der Waals surface area (Å²) in [6.07, 6.45) is 1.90. The summed E-state index contributed by atoms with van der Waals surface area (Å²) in [5, 5.41) is 0. The van der Waals surface area contributed by atoms with Crippen LogP contribution in [0.3, 0.4) is 0 Å². The molecule has 0 N–H and O–H groups in total. The number of fused-ring (bicyclic) bond motifs is 3. The van der Waals surface area contributed by atoms with Crippen molar-refractivity contribution in [2.24, 2.45) is 4.99 Å². The Morgan fingerprint density at radius 3 is 2.33 bits per heavy atom. The number of nitrogens with zero attached hydrogens (tertiary/aromatic N) is 3. The van der Waals surface area contributed by atoms with E-state index in [0.717, 1.165) is 33.9 Å². The van der Waals surface area contributed by atoms with Crippen LogP contribution in [0.5, 0.6) is 0 Å². The van der Waals surface area contributed by atoms with Gasteiger partial charge in [0.05, 0.1) is 42.3 Å². The fourth-order valence-electron chi connectivity index (χ4n) is 3.93. The lowest BCUT2D eigenvalue weighted by atomic mass is 9.96. The number of rotatable bonds is 5. The number of imidazole rings is 1. The summed E-state index contributed by atoms with van der Waals surface area (Å²) in [6, 6.07) is 27.5. The highest BCUT2D eigenvalue weighted by Gasteiger charge is 2.22. The van der Waals surface area contributed by atoms with Crippen molar-refractivity contribution in [1.29, 1.82) is 0 Å². The smallest absolute Gasteiger partial charge is 0.0999 e. The van der Waals surface area contributed by atoms with Gasteiger partial charge in [0.2, 0.25) is 0 Å². The molecule has 0 saturated heterocycles. The molecule has 2 heterocycles. The first-order chi connectivity index (χ1) is 14.8. The van der Waals surface area contributed by atoms with Gasteiger partial charge in [-0.2, -0.15) is 0 Å². The molecule has 4 nitrogen and oxygen atoms in total. The molecule has 0 fully saturated rings. The monoisotopic (exact) mass is 393 g/mol. The van der Waals surface area contributed by atoms with Gasteiger partial charge in [-0.05, 0) is 30.2 Å². The van der Waals surface area contributed by atoms with Crippen LogP contribution in [-0.4, -0.2) is 21.9 Å². The van der Waals surface area contributed by atoms with Crippen molar-refractivity contribution in [2.45, 2.75) is 20.1 Å². The molecule has 0 saturated carbocycles. The number of ether oxygens (including phenoxy) is 1. The van der Waals surface area contributed by atoms with Gasteiger partial charge in [0.25, 0.3) is 0 Å². The first-order valence-corrected chi connectivity index (χ1v) is 10.3. The van der Waals surface area contributed by atoms with Gasteiger partial charge in [0, 0.05) is 17.7 Å². The highest BCUT2D eigenvalue weighted by Crippen LogP contribution is 2.31. The Labute approximate surface area is 176 Å². The minimum atomic E-state index is 0.506. The van der Waals surface area contributed by atoms with E-state index in [1.54, 1.807) is 0 Å². The molecule has 1 aromatic heterocycles. The predicted octanol–water partition coefficient (Wildman–Crippen LogP) is 5.43. The van der Waals surface area contributed by atoms with Crippen molar-refractivity contribution in [3.63, 3.8) is 0 Å². The largest absolute Gasteiger partial charge is 0.375 e. The summed E-state index contributed by atoms with van der Waals surface area (Å²) < 4.78 is 7.80. The SMILES string of the molecule is CCOCc1ncn2c1CN=C(c1ccccc1)c1cc(-c3ccccc3)ccc1-2. The van der Waals surface area contributed by atoms with Crippen LogP contribution in [0.2, 0.25) is 0 Å². The van der Waals surface area contributed by atoms with Crippen LogP contribution in [0.15, 0.2) is 90.2 Å². The molecule has 148 valence electrons. The summed E-state index contributed by atoms with van der Waals surface area (Å²) in [4.78, 5) is 9.68. The molecule has 30 heavy (non-hydrogen) atoms. The summed E-state index contributed by atoms with van der Waals surface area (Å²) in [5.74, 6) is 0. The Morgan fingerprint density at radius 2 is 1.60 bits per heavy atom. The molecule has 0 spiro atoms. The first kappa shape index (κ1) is 18.5. The molecule has 3 aromatic carbocycles. The Hall–Kier alpha value is -3.50. The van der Waals surface area contributed by atoms with E-state index in [-0.39, 0.29) is 0 Å². The fourth-order valence-corrected chi connectivity index (χ4v) is 3.93. The highest BCUT2D eigenvalue weighted by atomic mass is 16.5. The third kappa shape index (κ3) is 3.36. The molecule has 0 atom stereocenters. The zero-order valence-electron chi connectivity index (χ0n) is 17.0. The zero-order valence-corrected chi connectivity index (χ0v) is 17.0. The molecule has 0 radical (unpaired) electrons. The van der Waals surface area contributed by atoms with Gasteiger partial charge in [-0.15, -0.1) is 0 Å². The zero-order chi connectivity index (χ0) is 20.3. The van der Waals surface area contributed by atoms with Gasteiger partial charge < -0.3 is 9.30 Å². The van der Waals surface area contributed by atoms with E-state index in [4.69, 9.17) is 9.73 Å². The third-order valence-corrected chi connectivity index (χ3v) is 5.45. The van der Waals surface area contributed by atoms with Crippen LogP contribution >= 0.6 is 0 Å². The number of aromatic nitrogens is 2. The molecule has 0 unspecified atom stereocenters. The fraction of sp³-hybridized carbons (Fsp3) is 0.154. The average molecular weight is 393 g/mol. The molecule has 5 rings (SSSR count). The normalized spacial score (nSPS) is 12.6. The van der Waals surface area contributed by atoms with Gasteiger partial charge in [0.1, 0.15) is 0 Å². The highest BCUT2D eigenvalue weighted by molar-refractivity contribution is 6.15. The number of hydrogen-bond donors (Lipinski definition) is 0. The van der Waals surface area contributed by atoms with Crippen LogP contribution in [-0.2, 0) is 17.9 Å². The summed E-state index contributed by atoms with van der Waals surface area (Å²) in [6.45, 7) is 3.75. The number of aliphatic imine (C=N–C) groups is 1. The number of hydrogen-bond acceptors (Lipinski definition) is 3. The Bertz CT molecular complexity index is 1190. The van der Waals surface area contributed by atoms with Crippen molar-refractivity contribution in [2.75, 3.05) is 6.61 Å². The molecule has 0 amide bonds. The van der Waals surface area contributed by atoms with Crippen LogP contribution in [0, 0.1) is 0 Å². The maximum absolute atomic E-state index is 5.64. The Kier molecular flexibility index (Phi) is 4.99. The summed E-state index contributed by atoms with van der Waals surface area (Å²) in [7, 11) is 0. The summed E-state index contributed by atoms with van der Waals surface area (Å²) >= 11 is 0. The third-order valence-electron chi connectivity index (χ3n) is 5.45. The van der Waals surface area contributed by atoms with Gasteiger partial charge in [-0.1, -0.05) is 66.7 Å². The Balaban J connectivity index is 1.70. The maximum Gasteiger partial charge on any atom is 0.0999 e. The van der Waals surface area contributed by atoms with Crippen molar-refractivity contribution in [1.82, 2.24) is 9.55 Å². The van der Waals surface area contributed by atoms with Crippen molar-refractivity contribution in [3.05, 3.63) is 108 Å². The second-order valence-corrected chi connectivity index (χ2v) is 7.27. The second-order valence-electron chi connectivity index (χ2n) is 7.27. The lowest BCUT2D eigenvalue weighted by Crippen LogP contribution is -2.07. The molecule has 4 aromatic rings. The van der Waals surface area contributed by atoms with Crippen LogP contribution in [0.1, 0.15) is 29.4 Å². The molecule has 4 heteroatoms. The van der Waals surface area contributed by atoms with Gasteiger partial charge in [-0.25, -0.2) is 4.98 Å². The predicted molar refractivity (Wildman–Crippen MR) is 120 cm³/mol. The molecule has 1 aliphatic heterocycles. The minimum absolute atomic E-state index is 0.506. The topological polar surface area (TPSA) is 39.4 Å².